The summed E-state index contributed by atoms with van der Waals surface area (Å²) in [6, 6.07) is 7.74. The van der Waals surface area contributed by atoms with Crippen LogP contribution in [0.2, 0.25) is 0 Å². The van der Waals surface area contributed by atoms with Gasteiger partial charge in [-0.3, -0.25) is 0 Å². The lowest BCUT2D eigenvalue weighted by atomic mass is 10.1. The number of benzene rings is 1. The summed E-state index contributed by atoms with van der Waals surface area (Å²) in [6.07, 6.45) is 7.68. The van der Waals surface area contributed by atoms with Gasteiger partial charge < -0.3 is 15.2 Å². The van der Waals surface area contributed by atoms with Gasteiger partial charge in [-0.2, -0.15) is 0 Å². The third kappa shape index (κ3) is 6.40. The number of para-hydroxylation sites is 1. The van der Waals surface area contributed by atoms with E-state index in [0.29, 0.717) is 6.61 Å². The van der Waals surface area contributed by atoms with Crippen molar-refractivity contribution in [3.8, 4) is 5.75 Å². The molecule has 0 aliphatic heterocycles. The van der Waals surface area contributed by atoms with Crippen LogP contribution in [0.15, 0.2) is 24.3 Å². The van der Waals surface area contributed by atoms with Crippen molar-refractivity contribution in [1.82, 2.24) is 0 Å². The Morgan fingerprint density at radius 2 is 1.75 bits per heavy atom. The molecule has 1 unspecified atom stereocenters. The second kappa shape index (κ2) is 10.7. The maximum Gasteiger partial charge on any atom is 0.123 e. The molecule has 0 bridgehead atoms. The normalized spacial score (nSPS) is 12.3. The van der Waals surface area contributed by atoms with Crippen LogP contribution in [0.4, 0.5) is 0 Å². The zero-order chi connectivity index (χ0) is 14.6. The topological polar surface area (TPSA) is 44.5 Å². The Morgan fingerprint density at radius 1 is 1.05 bits per heavy atom. The molecular weight excluding hydrogens is 250 g/mol. The third-order valence-electron chi connectivity index (χ3n) is 3.48. The van der Waals surface area contributed by atoms with Crippen LogP contribution in [0.1, 0.15) is 57.1 Å². The van der Waals surface area contributed by atoms with Crippen molar-refractivity contribution in [2.24, 2.45) is 5.73 Å². The van der Waals surface area contributed by atoms with Crippen molar-refractivity contribution in [3.63, 3.8) is 0 Å². The van der Waals surface area contributed by atoms with E-state index in [0.717, 1.165) is 24.3 Å². The molecule has 0 aromatic heterocycles. The Balaban J connectivity index is 2.15. The van der Waals surface area contributed by atoms with Crippen LogP contribution < -0.4 is 10.5 Å². The third-order valence-corrected chi connectivity index (χ3v) is 3.48. The largest absolute Gasteiger partial charge is 0.496 e. The standard InChI is InChI=1S/C17H29NO2/c1-3-4-5-6-7-10-13-20-14-16(18)15-11-8-9-12-17(15)19-2/h8-9,11-12,16H,3-7,10,13-14,18H2,1-2H3. The molecule has 0 saturated heterocycles. The molecule has 3 nitrogen and oxygen atoms in total. The first-order valence-corrected chi connectivity index (χ1v) is 7.75. The van der Waals surface area contributed by atoms with Crippen molar-refractivity contribution in [3.05, 3.63) is 29.8 Å². The van der Waals surface area contributed by atoms with Crippen LogP contribution in [-0.4, -0.2) is 20.3 Å². The highest BCUT2D eigenvalue weighted by atomic mass is 16.5. The maximum absolute atomic E-state index is 6.15. The zero-order valence-electron chi connectivity index (χ0n) is 12.9. The summed E-state index contributed by atoms with van der Waals surface area (Å²) < 4.78 is 11.0. The van der Waals surface area contributed by atoms with E-state index in [9.17, 15) is 0 Å². The van der Waals surface area contributed by atoms with Crippen molar-refractivity contribution < 1.29 is 9.47 Å². The summed E-state index contributed by atoms with van der Waals surface area (Å²) in [4.78, 5) is 0. The summed E-state index contributed by atoms with van der Waals surface area (Å²) >= 11 is 0. The van der Waals surface area contributed by atoms with Gasteiger partial charge in [-0.05, 0) is 12.5 Å². The van der Waals surface area contributed by atoms with E-state index in [1.165, 1.54) is 32.1 Å². The van der Waals surface area contributed by atoms with Gasteiger partial charge >= 0.3 is 0 Å². The van der Waals surface area contributed by atoms with E-state index in [1.807, 2.05) is 24.3 Å². The van der Waals surface area contributed by atoms with Crippen molar-refractivity contribution in [1.29, 1.82) is 0 Å². The van der Waals surface area contributed by atoms with Gasteiger partial charge in [0.25, 0.3) is 0 Å². The second-order valence-electron chi connectivity index (χ2n) is 5.19. The number of hydrogen-bond acceptors (Lipinski definition) is 3. The highest BCUT2D eigenvalue weighted by Crippen LogP contribution is 2.23. The number of ether oxygens (including phenoxy) is 2. The van der Waals surface area contributed by atoms with Crippen molar-refractivity contribution in [2.75, 3.05) is 20.3 Å². The zero-order valence-corrected chi connectivity index (χ0v) is 12.9. The predicted molar refractivity (Wildman–Crippen MR) is 84.1 cm³/mol. The molecule has 0 spiro atoms. The van der Waals surface area contributed by atoms with Gasteiger partial charge in [0.2, 0.25) is 0 Å². The van der Waals surface area contributed by atoms with E-state index in [1.54, 1.807) is 7.11 Å². The molecule has 0 heterocycles. The highest BCUT2D eigenvalue weighted by molar-refractivity contribution is 5.35. The molecule has 1 aromatic rings. The van der Waals surface area contributed by atoms with Crippen molar-refractivity contribution >= 4 is 0 Å². The smallest absolute Gasteiger partial charge is 0.123 e. The molecule has 0 aliphatic rings. The van der Waals surface area contributed by atoms with E-state index < -0.39 is 0 Å². The van der Waals surface area contributed by atoms with Gasteiger partial charge in [0, 0.05) is 12.2 Å². The molecule has 1 rings (SSSR count). The predicted octanol–water partition coefficient (Wildman–Crippen LogP) is 4.07. The molecule has 0 radical (unpaired) electrons. The summed E-state index contributed by atoms with van der Waals surface area (Å²) in [5.74, 6) is 0.836. The molecule has 1 aromatic carbocycles. The lowest BCUT2D eigenvalue weighted by Gasteiger charge is -2.15. The molecule has 2 N–H and O–H groups in total. The highest BCUT2D eigenvalue weighted by Gasteiger charge is 2.10. The lowest BCUT2D eigenvalue weighted by Crippen LogP contribution is -2.18. The molecular formula is C17H29NO2. The number of hydrogen-bond donors (Lipinski definition) is 1. The quantitative estimate of drug-likeness (QED) is 0.621. The lowest BCUT2D eigenvalue weighted by molar-refractivity contribution is 0.116. The molecule has 0 amide bonds. The van der Waals surface area contributed by atoms with E-state index >= 15 is 0 Å². The Bertz CT molecular complexity index is 355. The molecule has 20 heavy (non-hydrogen) atoms. The summed E-state index contributed by atoms with van der Waals surface area (Å²) in [5, 5.41) is 0. The summed E-state index contributed by atoms with van der Waals surface area (Å²) in [5.41, 5.74) is 7.16. The summed E-state index contributed by atoms with van der Waals surface area (Å²) in [7, 11) is 1.67. The van der Waals surface area contributed by atoms with Crippen molar-refractivity contribution in [2.45, 2.75) is 51.5 Å². The van der Waals surface area contributed by atoms with Crippen LogP contribution in [0.5, 0.6) is 5.75 Å². The fourth-order valence-electron chi connectivity index (χ4n) is 2.26. The van der Waals surface area contributed by atoms with E-state index in [2.05, 4.69) is 6.92 Å². The number of methoxy groups -OCH3 is 1. The average Bonchev–Trinajstić information content (AvgIpc) is 2.49. The first-order chi connectivity index (χ1) is 9.79. The van der Waals surface area contributed by atoms with Gasteiger partial charge in [-0.15, -0.1) is 0 Å². The number of nitrogens with two attached hydrogens (primary N) is 1. The number of unbranched alkanes of at least 4 members (excludes halogenated alkanes) is 5. The van der Waals surface area contributed by atoms with Crippen LogP contribution in [0.3, 0.4) is 0 Å². The molecule has 0 aliphatic carbocycles. The molecule has 0 saturated carbocycles. The Morgan fingerprint density at radius 3 is 2.50 bits per heavy atom. The molecule has 0 fully saturated rings. The summed E-state index contributed by atoms with van der Waals surface area (Å²) in [6.45, 7) is 3.59. The van der Waals surface area contributed by atoms with Crippen LogP contribution in [0.25, 0.3) is 0 Å². The van der Waals surface area contributed by atoms with E-state index in [-0.39, 0.29) is 6.04 Å². The first-order valence-electron chi connectivity index (χ1n) is 7.75. The maximum atomic E-state index is 6.15. The monoisotopic (exact) mass is 279 g/mol. The van der Waals surface area contributed by atoms with Gasteiger partial charge in [0.1, 0.15) is 5.75 Å². The molecule has 3 heteroatoms. The fraction of sp³-hybridized carbons (Fsp3) is 0.647. The SMILES string of the molecule is CCCCCCCCOCC(N)c1ccccc1OC. The number of rotatable bonds is 11. The fourth-order valence-corrected chi connectivity index (χ4v) is 2.26. The van der Waals surface area contributed by atoms with E-state index in [4.69, 9.17) is 15.2 Å². The van der Waals surface area contributed by atoms with Gasteiger partial charge in [0.15, 0.2) is 0 Å². The molecule has 114 valence electrons. The van der Waals surface area contributed by atoms with Gasteiger partial charge in [-0.1, -0.05) is 57.2 Å². The first kappa shape index (κ1) is 17.0. The van der Waals surface area contributed by atoms with Gasteiger partial charge in [-0.25, -0.2) is 0 Å². The average molecular weight is 279 g/mol. The van der Waals surface area contributed by atoms with Crippen LogP contribution in [0, 0.1) is 0 Å². The van der Waals surface area contributed by atoms with Crippen LogP contribution in [-0.2, 0) is 4.74 Å². The minimum Gasteiger partial charge on any atom is -0.496 e. The van der Waals surface area contributed by atoms with Crippen LogP contribution >= 0.6 is 0 Å². The minimum atomic E-state index is -0.119. The van der Waals surface area contributed by atoms with Gasteiger partial charge in [0.05, 0.1) is 19.8 Å². The minimum absolute atomic E-state index is 0.119. The molecule has 1 atom stereocenters. The Hall–Kier alpha value is -1.06. The Kier molecular flexibility index (Phi) is 9.09. The Labute approximate surface area is 123 Å². The second-order valence-corrected chi connectivity index (χ2v) is 5.19.